The molecule has 0 aromatic heterocycles. The maximum absolute atomic E-state index is 14.8. The van der Waals surface area contributed by atoms with Crippen LogP contribution in [0.4, 0.5) is 9.59 Å². The summed E-state index contributed by atoms with van der Waals surface area (Å²) in [5.41, 5.74) is -1.09. The maximum atomic E-state index is 14.8. The van der Waals surface area contributed by atoms with Crippen LogP contribution in [0.3, 0.4) is 0 Å². The molecule has 0 bridgehead atoms. The molecule has 1 saturated heterocycles. The predicted molar refractivity (Wildman–Crippen MR) is 201 cm³/mol. The third kappa shape index (κ3) is 12.8. The van der Waals surface area contributed by atoms with Crippen molar-refractivity contribution >= 4 is 35.6 Å². The molecule has 2 aliphatic rings. The van der Waals surface area contributed by atoms with E-state index < -0.39 is 64.7 Å². The topological polar surface area (TPSA) is 175 Å². The van der Waals surface area contributed by atoms with Gasteiger partial charge in [-0.2, -0.15) is 0 Å². The molecule has 6 amide bonds. The molecular weight excluding hydrogens is 664 g/mol. The number of hydrogen-bond acceptors (Lipinski definition) is 7. The summed E-state index contributed by atoms with van der Waals surface area (Å²) in [5, 5.41) is 13.9. The lowest BCUT2D eigenvalue weighted by Crippen LogP contribution is -2.63. The molecule has 292 valence electrons. The average Bonchev–Trinajstić information content (AvgIpc) is 3.54. The number of likely N-dealkylation sites (tertiary alicyclic amines) is 1. The van der Waals surface area contributed by atoms with E-state index in [1.807, 2.05) is 55.4 Å². The van der Waals surface area contributed by atoms with Gasteiger partial charge >= 0.3 is 12.1 Å². The van der Waals surface area contributed by atoms with Crippen LogP contribution < -0.4 is 26.6 Å². The fourth-order valence-corrected chi connectivity index (χ4v) is 6.95. The molecule has 1 aliphatic carbocycles. The summed E-state index contributed by atoms with van der Waals surface area (Å²) >= 11 is 0. The Hall–Kier alpha value is -4.08. The van der Waals surface area contributed by atoms with Gasteiger partial charge in [0.15, 0.2) is 0 Å². The monoisotopic (exact) mass is 728 g/mol. The van der Waals surface area contributed by atoms with Gasteiger partial charge in [0.25, 0.3) is 5.91 Å². The number of alkyl carbamates (subject to hydrolysis) is 1. The number of urea groups is 1. The van der Waals surface area contributed by atoms with Crippen LogP contribution in [0.15, 0.2) is 12.7 Å². The fraction of sp³-hybridized carbons (Fsp3) is 0.744. The van der Waals surface area contributed by atoms with Gasteiger partial charge in [0.1, 0.15) is 18.7 Å². The van der Waals surface area contributed by atoms with Crippen molar-refractivity contribution in [1.29, 1.82) is 0 Å². The number of rotatable bonds is 17. The Morgan fingerprint density at radius 1 is 1.00 bits per heavy atom. The Kier molecular flexibility index (Phi) is 17.2. The van der Waals surface area contributed by atoms with Crippen LogP contribution in [0.5, 0.6) is 0 Å². The number of ketones is 1. The summed E-state index contributed by atoms with van der Waals surface area (Å²) in [5.74, 6) is -0.143. The molecular formula is C39H64N6O7. The Morgan fingerprint density at radius 2 is 1.65 bits per heavy atom. The van der Waals surface area contributed by atoms with Crippen LogP contribution in [-0.4, -0.2) is 90.9 Å². The van der Waals surface area contributed by atoms with Crippen LogP contribution in [0.1, 0.15) is 107 Å². The molecule has 52 heavy (non-hydrogen) atoms. The molecule has 0 spiro atoms. The molecule has 1 aliphatic heterocycles. The van der Waals surface area contributed by atoms with Crippen molar-refractivity contribution in [3.05, 3.63) is 12.7 Å². The Bertz CT molecular complexity index is 1310. The fourth-order valence-electron chi connectivity index (χ4n) is 6.95. The Balaban J connectivity index is 2.39. The molecule has 2 fully saturated rings. The number of hydrogen-bond donors (Lipinski definition) is 5. The van der Waals surface area contributed by atoms with E-state index in [9.17, 15) is 28.8 Å². The summed E-state index contributed by atoms with van der Waals surface area (Å²) in [6.07, 6.45) is 11.3. The maximum Gasteiger partial charge on any atom is 0.407 e. The first kappa shape index (κ1) is 44.1. The van der Waals surface area contributed by atoms with Crippen molar-refractivity contribution in [1.82, 2.24) is 31.5 Å². The second-order valence-corrected chi connectivity index (χ2v) is 16.4. The van der Waals surface area contributed by atoms with E-state index in [4.69, 9.17) is 11.2 Å². The lowest BCUT2D eigenvalue weighted by atomic mass is 9.70. The zero-order valence-electron chi connectivity index (χ0n) is 32.7. The highest BCUT2D eigenvalue weighted by atomic mass is 16.5. The third-order valence-electron chi connectivity index (χ3n) is 10.3. The largest absolute Gasteiger partial charge is 0.447 e. The quantitative estimate of drug-likeness (QED) is 0.0853. The third-order valence-corrected chi connectivity index (χ3v) is 10.3. The predicted octanol–water partition coefficient (Wildman–Crippen LogP) is 4.06. The van der Waals surface area contributed by atoms with E-state index in [0.29, 0.717) is 25.8 Å². The first-order valence-electron chi connectivity index (χ1n) is 18.8. The summed E-state index contributed by atoms with van der Waals surface area (Å²) < 4.78 is 5.46. The molecule has 13 heteroatoms. The molecule has 4 unspecified atom stereocenters. The summed E-state index contributed by atoms with van der Waals surface area (Å²) in [4.78, 5) is 82.3. The molecule has 2 rings (SSSR count). The first-order valence-corrected chi connectivity index (χ1v) is 18.8. The van der Waals surface area contributed by atoms with Crippen molar-refractivity contribution in [3.8, 4) is 12.3 Å². The minimum absolute atomic E-state index is 0.00885. The van der Waals surface area contributed by atoms with Gasteiger partial charge in [-0.15, -0.1) is 18.9 Å². The molecule has 0 aromatic rings. The lowest BCUT2D eigenvalue weighted by Gasteiger charge is -2.43. The van der Waals surface area contributed by atoms with Crippen LogP contribution >= 0.6 is 0 Å². The minimum atomic E-state index is -1.18. The summed E-state index contributed by atoms with van der Waals surface area (Å²) in [6.45, 7) is 19.9. The van der Waals surface area contributed by atoms with Crippen molar-refractivity contribution in [2.75, 3.05) is 26.2 Å². The highest BCUT2D eigenvalue weighted by molar-refractivity contribution is 6.38. The van der Waals surface area contributed by atoms with Gasteiger partial charge in [-0.25, -0.2) is 9.59 Å². The summed E-state index contributed by atoms with van der Waals surface area (Å²) in [6, 6.07) is -4.25. The second kappa shape index (κ2) is 20.2. The van der Waals surface area contributed by atoms with Gasteiger partial charge in [-0.05, 0) is 54.3 Å². The smallest absolute Gasteiger partial charge is 0.407 e. The molecule has 13 nitrogen and oxygen atoms in total. The standard InChI is InChI=1S/C39H64N6O7/c1-11-13-17-28(31(46)34(48)40-21-12-2)42-33(47)30-27(26(5)6)18-22-45(30)35(49)32(39(10)19-15-14-16-20-39)44-36(50)43-29(38(7,8)9)24-52-37(51)41-23-25(3)4/h1,12,25-30,32H,2,13-24H2,3-10H3,(H,40,48)(H,41,51)(H,42,47)(H2,43,44,50)/t27-,28?,29?,30?,32?/m1/s1. The van der Waals surface area contributed by atoms with Crippen molar-refractivity contribution in [2.24, 2.45) is 28.6 Å². The molecule has 1 heterocycles. The zero-order valence-corrected chi connectivity index (χ0v) is 32.7. The zero-order chi connectivity index (χ0) is 39.2. The van der Waals surface area contributed by atoms with Crippen LogP contribution in [-0.2, 0) is 23.9 Å². The van der Waals surface area contributed by atoms with Gasteiger partial charge < -0.3 is 36.2 Å². The molecule has 0 radical (unpaired) electrons. The van der Waals surface area contributed by atoms with E-state index >= 15 is 0 Å². The number of carbonyl (C=O) groups is 6. The van der Waals surface area contributed by atoms with Crippen LogP contribution in [0.2, 0.25) is 0 Å². The summed E-state index contributed by atoms with van der Waals surface area (Å²) in [7, 11) is 0. The number of Topliss-reactive ketones (excluding diaryl/α,β-unsaturated/α-hetero) is 1. The van der Waals surface area contributed by atoms with Gasteiger partial charge in [-0.3, -0.25) is 19.2 Å². The van der Waals surface area contributed by atoms with E-state index in [-0.39, 0.29) is 56.2 Å². The first-order chi connectivity index (χ1) is 24.4. The van der Waals surface area contributed by atoms with E-state index in [1.165, 1.54) is 11.0 Å². The molecule has 5 atom stereocenters. The van der Waals surface area contributed by atoms with E-state index in [1.54, 1.807) is 0 Å². The van der Waals surface area contributed by atoms with Crippen molar-refractivity contribution in [2.45, 2.75) is 131 Å². The molecule has 5 N–H and O–H groups in total. The number of nitrogens with zero attached hydrogens (tertiary/aromatic N) is 1. The van der Waals surface area contributed by atoms with Crippen LogP contribution in [0, 0.1) is 40.9 Å². The SMILES string of the molecule is C#CCCC(NC(=O)C1[C@@H](C(C)C)CCN1C(=O)C(NC(=O)NC(COC(=O)NCC(C)C)C(C)(C)C)C1(C)CCCCC1)C(=O)C(=O)NCC=C. The number of carbonyl (C=O) groups excluding carboxylic acids is 6. The number of nitrogens with one attached hydrogen (secondary N) is 5. The Labute approximate surface area is 310 Å². The Morgan fingerprint density at radius 3 is 2.21 bits per heavy atom. The number of amides is 6. The van der Waals surface area contributed by atoms with Crippen molar-refractivity contribution < 1.29 is 33.5 Å². The van der Waals surface area contributed by atoms with E-state index in [2.05, 4.69) is 39.1 Å². The van der Waals surface area contributed by atoms with Gasteiger partial charge in [0, 0.05) is 26.1 Å². The lowest BCUT2D eigenvalue weighted by molar-refractivity contribution is -0.145. The molecule has 1 saturated carbocycles. The molecule has 0 aromatic carbocycles. The van der Waals surface area contributed by atoms with Gasteiger partial charge in [0.2, 0.25) is 17.6 Å². The van der Waals surface area contributed by atoms with Crippen LogP contribution in [0.25, 0.3) is 0 Å². The number of ether oxygens (including phenoxy) is 1. The number of terminal acetylenes is 1. The normalized spacial score (nSPS) is 20.1. The highest BCUT2D eigenvalue weighted by Crippen LogP contribution is 2.41. The van der Waals surface area contributed by atoms with E-state index in [0.717, 1.165) is 19.3 Å². The average molecular weight is 729 g/mol. The minimum Gasteiger partial charge on any atom is -0.447 e. The van der Waals surface area contributed by atoms with Gasteiger partial charge in [0.05, 0.1) is 12.1 Å². The van der Waals surface area contributed by atoms with Gasteiger partial charge in [-0.1, -0.05) is 80.7 Å². The highest BCUT2D eigenvalue weighted by Gasteiger charge is 2.50. The van der Waals surface area contributed by atoms with Crippen molar-refractivity contribution in [3.63, 3.8) is 0 Å². The second-order valence-electron chi connectivity index (χ2n) is 16.4.